The maximum Gasteiger partial charge on any atom is 0.241 e. The van der Waals surface area contributed by atoms with E-state index in [-0.39, 0.29) is 11.9 Å². The number of hydrogen-bond donors (Lipinski definition) is 0. The maximum absolute atomic E-state index is 13.4. The van der Waals surface area contributed by atoms with Crippen molar-refractivity contribution < 1.29 is 14.3 Å². The molecule has 0 N–H and O–H groups in total. The van der Waals surface area contributed by atoms with Gasteiger partial charge in [0.05, 0.1) is 26.8 Å². The van der Waals surface area contributed by atoms with Crippen molar-refractivity contribution in [3.63, 3.8) is 0 Å². The summed E-state index contributed by atoms with van der Waals surface area (Å²) < 4.78 is 11.1. The molecule has 3 aromatic rings. The first-order chi connectivity index (χ1) is 15.2. The fourth-order valence-corrected chi connectivity index (χ4v) is 5.68. The molecule has 1 atom stereocenters. The number of hydrogen-bond acceptors (Lipinski definition) is 5. The molecule has 1 amide bonds. The van der Waals surface area contributed by atoms with Crippen molar-refractivity contribution in [1.29, 1.82) is 0 Å². The quantitative estimate of drug-likeness (QED) is 0.600. The Labute approximate surface area is 186 Å². The molecule has 31 heavy (non-hydrogen) atoms. The molecule has 2 aliphatic heterocycles. The van der Waals surface area contributed by atoms with Gasteiger partial charge in [-0.2, -0.15) is 0 Å². The lowest BCUT2D eigenvalue weighted by molar-refractivity contribution is -0.120. The molecule has 1 aromatic heterocycles. The van der Waals surface area contributed by atoms with E-state index >= 15 is 0 Å². The molecule has 0 saturated carbocycles. The fourth-order valence-electron chi connectivity index (χ4n) is 4.80. The van der Waals surface area contributed by atoms with Gasteiger partial charge in [0.2, 0.25) is 5.91 Å². The summed E-state index contributed by atoms with van der Waals surface area (Å²) in [4.78, 5) is 18.9. The molecule has 6 heteroatoms. The summed E-state index contributed by atoms with van der Waals surface area (Å²) in [5.74, 6) is 1.64. The minimum absolute atomic E-state index is 0.0327. The van der Waals surface area contributed by atoms with Gasteiger partial charge in [0, 0.05) is 23.7 Å². The molecule has 0 bridgehead atoms. The molecule has 2 aromatic carbocycles. The first-order valence-electron chi connectivity index (χ1n) is 10.6. The predicted molar refractivity (Wildman–Crippen MR) is 123 cm³/mol. The van der Waals surface area contributed by atoms with E-state index in [0.29, 0.717) is 6.54 Å². The van der Waals surface area contributed by atoms with Crippen LogP contribution in [0.1, 0.15) is 27.6 Å². The lowest BCUT2D eigenvalue weighted by atomic mass is 9.91. The van der Waals surface area contributed by atoms with E-state index in [9.17, 15) is 4.79 Å². The average Bonchev–Trinajstić information content (AvgIpc) is 3.48. The zero-order valence-electron chi connectivity index (χ0n) is 17.8. The highest BCUT2D eigenvalue weighted by Crippen LogP contribution is 2.42. The largest absolute Gasteiger partial charge is 0.493 e. The van der Waals surface area contributed by atoms with E-state index in [4.69, 9.17) is 9.47 Å². The van der Waals surface area contributed by atoms with Gasteiger partial charge in [-0.25, -0.2) is 0 Å². The molecule has 5 nitrogen and oxygen atoms in total. The number of carbonyl (C=O) groups excluding carboxylic acids is 1. The fraction of sp³-hybridized carbons (Fsp3) is 0.320. The van der Waals surface area contributed by atoms with Crippen molar-refractivity contribution in [2.24, 2.45) is 0 Å². The SMILES string of the molecule is COc1cc2c(cc1OC)[C@@H](c1cccs1)N(CC(=O)N1CCc3ccccc31)CC2. The van der Waals surface area contributed by atoms with Crippen molar-refractivity contribution in [2.45, 2.75) is 18.9 Å². The van der Waals surface area contributed by atoms with E-state index in [1.807, 2.05) is 17.0 Å². The van der Waals surface area contributed by atoms with Crippen molar-refractivity contribution >= 4 is 22.9 Å². The van der Waals surface area contributed by atoms with E-state index in [0.717, 1.165) is 43.1 Å². The third-order valence-corrected chi connectivity index (χ3v) is 7.24. The third-order valence-electron chi connectivity index (χ3n) is 6.31. The van der Waals surface area contributed by atoms with Crippen LogP contribution in [0.4, 0.5) is 5.69 Å². The van der Waals surface area contributed by atoms with Crippen molar-refractivity contribution in [3.8, 4) is 11.5 Å². The Morgan fingerprint density at radius 2 is 1.77 bits per heavy atom. The van der Waals surface area contributed by atoms with Crippen LogP contribution in [-0.2, 0) is 17.6 Å². The molecular weight excluding hydrogens is 408 g/mol. The highest BCUT2D eigenvalue weighted by Gasteiger charge is 2.34. The van der Waals surface area contributed by atoms with Crippen LogP contribution in [0.3, 0.4) is 0 Å². The standard InChI is InChI=1S/C25H26N2O3S/c1-29-21-14-18-9-11-26(16-24(28)27-12-10-17-6-3-4-7-20(17)27)25(23-8-5-13-31-23)19(18)15-22(21)30-2/h3-8,13-15,25H,9-12,16H2,1-2H3/t25-/m0/s1. The van der Waals surface area contributed by atoms with Gasteiger partial charge in [-0.05, 0) is 59.2 Å². The molecule has 0 radical (unpaired) electrons. The van der Waals surface area contributed by atoms with Gasteiger partial charge in [0.15, 0.2) is 11.5 Å². The minimum atomic E-state index is 0.0327. The molecule has 0 spiro atoms. The predicted octanol–water partition coefficient (Wildman–Crippen LogP) is 4.30. The summed E-state index contributed by atoms with van der Waals surface area (Å²) >= 11 is 1.73. The Balaban J connectivity index is 1.47. The van der Waals surface area contributed by atoms with Crippen LogP contribution in [0, 0.1) is 0 Å². The summed E-state index contributed by atoms with van der Waals surface area (Å²) in [5.41, 5.74) is 4.77. The van der Waals surface area contributed by atoms with Gasteiger partial charge in [-0.3, -0.25) is 9.69 Å². The molecule has 2 aliphatic rings. The molecule has 5 rings (SSSR count). The van der Waals surface area contributed by atoms with Crippen LogP contribution in [0.5, 0.6) is 11.5 Å². The van der Waals surface area contributed by atoms with Crippen LogP contribution < -0.4 is 14.4 Å². The van der Waals surface area contributed by atoms with Crippen molar-refractivity contribution in [2.75, 3.05) is 38.8 Å². The number of ether oxygens (including phenoxy) is 2. The van der Waals surface area contributed by atoms with E-state index in [1.165, 1.54) is 21.6 Å². The van der Waals surface area contributed by atoms with E-state index in [1.54, 1.807) is 25.6 Å². The second-order valence-corrected chi connectivity index (χ2v) is 8.95. The number of para-hydroxylation sites is 1. The summed E-state index contributed by atoms with van der Waals surface area (Å²) in [6.07, 6.45) is 1.80. The van der Waals surface area contributed by atoms with Gasteiger partial charge < -0.3 is 14.4 Å². The highest BCUT2D eigenvalue weighted by atomic mass is 32.1. The molecule has 160 valence electrons. The number of anilines is 1. The molecule has 0 aliphatic carbocycles. The van der Waals surface area contributed by atoms with Crippen LogP contribution in [0.2, 0.25) is 0 Å². The normalized spacial score (nSPS) is 17.9. The number of nitrogens with zero attached hydrogens (tertiary/aromatic N) is 2. The first-order valence-corrected chi connectivity index (χ1v) is 11.5. The number of thiophene rings is 1. The molecule has 0 fully saturated rings. The van der Waals surface area contributed by atoms with Gasteiger partial charge in [0.25, 0.3) is 0 Å². The second kappa shape index (κ2) is 8.36. The number of fused-ring (bicyclic) bond motifs is 2. The van der Waals surface area contributed by atoms with Gasteiger partial charge >= 0.3 is 0 Å². The number of methoxy groups -OCH3 is 2. The Bertz CT molecular complexity index is 1100. The number of carbonyl (C=O) groups is 1. The van der Waals surface area contributed by atoms with Crippen LogP contribution in [0.15, 0.2) is 53.9 Å². The molecule has 0 saturated heterocycles. The lowest BCUT2D eigenvalue weighted by Crippen LogP contribution is -2.44. The number of benzene rings is 2. The maximum atomic E-state index is 13.4. The third kappa shape index (κ3) is 3.60. The van der Waals surface area contributed by atoms with Gasteiger partial charge in [0.1, 0.15) is 0 Å². The van der Waals surface area contributed by atoms with Gasteiger partial charge in [-0.15, -0.1) is 11.3 Å². The Morgan fingerprint density at radius 1 is 1.00 bits per heavy atom. The Kier molecular flexibility index (Phi) is 5.42. The number of rotatable bonds is 5. The zero-order chi connectivity index (χ0) is 21.4. The van der Waals surface area contributed by atoms with Gasteiger partial charge in [-0.1, -0.05) is 24.3 Å². The van der Waals surface area contributed by atoms with Crippen molar-refractivity contribution in [1.82, 2.24) is 4.90 Å². The first kappa shape index (κ1) is 20.1. The van der Waals surface area contributed by atoms with Crippen LogP contribution >= 0.6 is 11.3 Å². The summed E-state index contributed by atoms with van der Waals surface area (Å²) in [6, 6.07) is 16.7. The Hall–Kier alpha value is -2.83. The zero-order valence-corrected chi connectivity index (χ0v) is 18.7. The molecule has 0 unspecified atom stereocenters. The smallest absolute Gasteiger partial charge is 0.241 e. The molecular formula is C25H26N2O3S. The van der Waals surface area contributed by atoms with E-state index in [2.05, 4.69) is 46.7 Å². The molecule has 3 heterocycles. The van der Waals surface area contributed by atoms with Crippen molar-refractivity contribution in [3.05, 3.63) is 75.5 Å². The lowest BCUT2D eigenvalue weighted by Gasteiger charge is -2.37. The average molecular weight is 435 g/mol. The summed E-state index contributed by atoms with van der Waals surface area (Å²) in [7, 11) is 3.34. The topological polar surface area (TPSA) is 42.0 Å². The second-order valence-electron chi connectivity index (χ2n) is 7.97. The summed E-state index contributed by atoms with van der Waals surface area (Å²) in [6.45, 7) is 1.98. The monoisotopic (exact) mass is 434 g/mol. The highest BCUT2D eigenvalue weighted by molar-refractivity contribution is 7.10. The minimum Gasteiger partial charge on any atom is -0.493 e. The number of amides is 1. The van der Waals surface area contributed by atoms with Crippen LogP contribution in [-0.4, -0.2) is 44.7 Å². The summed E-state index contributed by atoms with van der Waals surface area (Å²) in [5, 5.41) is 2.10. The van der Waals surface area contributed by atoms with E-state index < -0.39 is 0 Å². The van der Waals surface area contributed by atoms with Crippen LogP contribution in [0.25, 0.3) is 0 Å². The Morgan fingerprint density at radius 3 is 2.55 bits per heavy atom.